The number of aromatic nitrogens is 2. The van der Waals surface area contributed by atoms with Crippen LogP contribution in [0.5, 0.6) is 5.88 Å². The van der Waals surface area contributed by atoms with Gasteiger partial charge in [-0.1, -0.05) is 25.1 Å². The van der Waals surface area contributed by atoms with Crippen molar-refractivity contribution >= 4 is 0 Å². The molecule has 96 valence electrons. The summed E-state index contributed by atoms with van der Waals surface area (Å²) in [6.45, 7) is 4.49. The number of rotatable bonds is 5. The van der Waals surface area contributed by atoms with E-state index in [4.69, 9.17) is 4.74 Å². The molecule has 1 aromatic carbocycles. The number of aliphatic hydroxyl groups is 1. The van der Waals surface area contributed by atoms with Gasteiger partial charge in [0.1, 0.15) is 0 Å². The molecule has 0 fully saturated rings. The fourth-order valence-electron chi connectivity index (χ4n) is 1.81. The third-order valence-electron chi connectivity index (χ3n) is 2.74. The Labute approximate surface area is 107 Å². The summed E-state index contributed by atoms with van der Waals surface area (Å²) in [6, 6.07) is 9.79. The van der Waals surface area contributed by atoms with E-state index in [1.165, 1.54) is 0 Å². The van der Waals surface area contributed by atoms with Gasteiger partial charge >= 0.3 is 0 Å². The van der Waals surface area contributed by atoms with Crippen molar-refractivity contribution < 1.29 is 9.84 Å². The third-order valence-corrected chi connectivity index (χ3v) is 2.74. The van der Waals surface area contributed by atoms with Crippen LogP contribution in [-0.4, -0.2) is 21.5 Å². The summed E-state index contributed by atoms with van der Waals surface area (Å²) < 4.78 is 7.47. The Hall–Kier alpha value is -1.81. The van der Waals surface area contributed by atoms with Crippen LogP contribution in [0.15, 0.2) is 30.3 Å². The van der Waals surface area contributed by atoms with Crippen molar-refractivity contribution in [2.45, 2.75) is 26.9 Å². The molecule has 1 heterocycles. The van der Waals surface area contributed by atoms with E-state index in [1.807, 2.05) is 37.3 Å². The third kappa shape index (κ3) is 2.38. The molecule has 18 heavy (non-hydrogen) atoms. The fraction of sp³-hybridized carbons (Fsp3) is 0.357. The molecule has 1 aromatic heterocycles. The molecule has 0 aliphatic heterocycles. The Kier molecular flexibility index (Phi) is 3.99. The van der Waals surface area contributed by atoms with Crippen molar-refractivity contribution in [3.63, 3.8) is 0 Å². The number of benzene rings is 1. The first-order valence-electron chi connectivity index (χ1n) is 6.15. The van der Waals surface area contributed by atoms with Gasteiger partial charge in [0.05, 0.1) is 30.2 Å². The predicted molar refractivity (Wildman–Crippen MR) is 70.0 cm³/mol. The Morgan fingerprint density at radius 2 is 2.00 bits per heavy atom. The summed E-state index contributed by atoms with van der Waals surface area (Å²) in [4.78, 5) is 0. The number of para-hydroxylation sites is 1. The lowest BCUT2D eigenvalue weighted by Crippen LogP contribution is -2.05. The van der Waals surface area contributed by atoms with Gasteiger partial charge in [-0.05, 0) is 25.5 Å². The fourth-order valence-corrected chi connectivity index (χ4v) is 1.81. The van der Waals surface area contributed by atoms with E-state index in [2.05, 4.69) is 12.0 Å². The number of hydrogen-bond acceptors (Lipinski definition) is 3. The predicted octanol–water partition coefficient (Wildman–Crippen LogP) is 2.46. The van der Waals surface area contributed by atoms with E-state index in [-0.39, 0.29) is 6.61 Å². The highest BCUT2D eigenvalue weighted by molar-refractivity contribution is 5.40. The van der Waals surface area contributed by atoms with E-state index in [1.54, 1.807) is 4.68 Å². The molecule has 0 saturated carbocycles. The van der Waals surface area contributed by atoms with Gasteiger partial charge in [0.15, 0.2) is 0 Å². The number of nitrogens with zero attached hydrogens (tertiary/aromatic N) is 2. The van der Waals surface area contributed by atoms with Crippen LogP contribution in [0.4, 0.5) is 0 Å². The smallest absolute Gasteiger partial charge is 0.222 e. The van der Waals surface area contributed by atoms with Crippen molar-refractivity contribution in [3.8, 4) is 11.6 Å². The maximum Gasteiger partial charge on any atom is 0.222 e. The van der Waals surface area contributed by atoms with Gasteiger partial charge in [0, 0.05) is 0 Å². The molecule has 0 aliphatic rings. The number of aryl methyl sites for hydroxylation is 1. The van der Waals surface area contributed by atoms with Crippen LogP contribution < -0.4 is 4.74 Å². The first-order chi connectivity index (χ1) is 8.77. The summed E-state index contributed by atoms with van der Waals surface area (Å²) in [5.74, 6) is 0.642. The summed E-state index contributed by atoms with van der Waals surface area (Å²) in [5, 5.41) is 13.9. The average molecular weight is 246 g/mol. The van der Waals surface area contributed by atoms with Gasteiger partial charge in [-0.15, -0.1) is 0 Å². The second-order valence-electron chi connectivity index (χ2n) is 4.12. The molecule has 0 unspecified atom stereocenters. The SMILES string of the molecule is CCCOc1c(CO)c(C)nn1-c1ccccc1. The zero-order chi connectivity index (χ0) is 13.0. The number of hydrogen-bond donors (Lipinski definition) is 1. The van der Waals surface area contributed by atoms with Crippen molar-refractivity contribution in [2.24, 2.45) is 0 Å². The van der Waals surface area contributed by atoms with Crippen LogP contribution in [0, 0.1) is 6.92 Å². The minimum absolute atomic E-state index is 0.0578. The molecule has 0 spiro atoms. The maximum absolute atomic E-state index is 9.43. The van der Waals surface area contributed by atoms with E-state index in [0.29, 0.717) is 12.5 Å². The first kappa shape index (κ1) is 12.6. The Morgan fingerprint density at radius 1 is 1.28 bits per heavy atom. The van der Waals surface area contributed by atoms with Crippen molar-refractivity contribution in [2.75, 3.05) is 6.61 Å². The molecule has 0 amide bonds. The summed E-state index contributed by atoms with van der Waals surface area (Å²) in [7, 11) is 0. The molecular formula is C14H18N2O2. The molecule has 0 bridgehead atoms. The van der Waals surface area contributed by atoms with Crippen LogP contribution in [0.25, 0.3) is 5.69 Å². The topological polar surface area (TPSA) is 47.3 Å². The minimum Gasteiger partial charge on any atom is -0.477 e. The highest BCUT2D eigenvalue weighted by atomic mass is 16.5. The molecule has 0 atom stereocenters. The highest BCUT2D eigenvalue weighted by Gasteiger charge is 2.16. The Bertz CT molecular complexity index is 506. The van der Waals surface area contributed by atoms with Gasteiger partial charge in [0.2, 0.25) is 5.88 Å². The standard InChI is InChI=1S/C14H18N2O2/c1-3-9-18-14-13(10-17)11(2)15-16(14)12-7-5-4-6-8-12/h4-8,17H,3,9-10H2,1-2H3. The molecular weight excluding hydrogens is 228 g/mol. The van der Waals surface area contributed by atoms with Crippen molar-refractivity contribution in [1.82, 2.24) is 9.78 Å². The molecule has 4 nitrogen and oxygen atoms in total. The van der Waals surface area contributed by atoms with Crippen LogP contribution in [0.2, 0.25) is 0 Å². The van der Waals surface area contributed by atoms with E-state index < -0.39 is 0 Å². The van der Waals surface area contributed by atoms with E-state index in [0.717, 1.165) is 23.4 Å². The minimum atomic E-state index is -0.0578. The zero-order valence-electron chi connectivity index (χ0n) is 10.8. The van der Waals surface area contributed by atoms with Gasteiger partial charge < -0.3 is 9.84 Å². The second-order valence-corrected chi connectivity index (χ2v) is 4.12. The lowest BCUT2D eigenvalue weighted by atomic mass is 10.2. The van der Waals surface area contributed by atoms with Gasteiger partial charge in [-0.2, -0.15) is 5.10 Å². The first-order valence-corrected chi connectivity index (χ1v) is 6.15. The van der Waals surface area contributed by atoms with Gasteiger partial charge in [-0.3, -0.25) is 0 Å². The normalized spacial score (nSPS) is 10.6. The maximum atomic E-state index is 9.43. The van der Waals surface area contributed by atoms with Crippen molar-refractivity contribution in [1.29, 1.82) is 0 Å². The van der Waals surface area contributed by atoms with E-state index >= 15 is 0 Å². The lowest BCUT2D eigenvalue weighted by Gasteiger charge is -2.09. The Balaban J connectivity index is 2.46. The monoisotopic (exact) mass is 246 g/mol. The molecule has 4 heteroatoms. The number of ether oxygens (including phenoxy) is 1. The average Bonchev–Trinajstić information content (AvgIpc) is 2.73. The number of aliphatic hydroxyl groups excluding tert-OH is 1. The summed E-state index contributed by atoms with van der Waals surface area (Å²) in [5.41, 5.74) is 2.49. The molecule has 0 radical (unpaired) electrons. The zero-order valence-corrected chi connectivity index (χ0v) is 10.8. The summed E-state index contributed by atoms with van der Waals surface area (Å²) >= 11 is 0. The molecule has 0 aliphatic carbocycles. The highest BCUT2D eigenvalue weighted by Crippen LogP contribution is 2.26. The largest absolute Gasteiger partial charge is 0.477 e. The lowest BCUT2D eigenvalue weighted by molar-refractivity contribution is 0.256. The van der Waals surface area contributed by atoms with Crippen LogP contribution in [0.3, 0.4) is 0 Å². The van der Waals surface area contributed by atoms with Crippen LogP contribution >= 0.6 is 0 Å². The summed E-state index contributed by atoms with van der Waals surface area (Å²) in [6.07, 6.45) is 0.921. The molecule has 0 saturated heterocycles. The quantitative estimate of drug-likeness (QED) is 0.881. The van der Waals surface area contributed by atoms with Gasteiger partial charge in [0.25, 0.3) is 0 Å². The van der Waals surface area contributed by atoms with Gasteiger partial charge in [-0.25, -0.2) is 4.68 Å². The van der Waals surface area contributed by atoms with E-state index in [9.17, 15) is 5.11 Å². The second kappa shape index (κ2) is 5.69. The van der Waals surface area contributed by atoms with Crippen LogP contribution in [0.1, 0.15) is 24.6 Å². The molecule has 2 aromatic rings. The Morgan fingerprint density at radius 3 is 2.61 bits per heavy atom. The van der Waals surface area contributed by atoms with Crippen molar-refractivity contribution in [3.05, 3.63) is 41.6 Å². The molecule has 1 N–H and O–H groups in total. The molecule has 2 rings (SSSR count). The van der Waals surface area contributed by atoms with Crippen LogP contribution in [-0.2, 0) is 6.61 Å².